The van der Waals surface area contributed by atoms with Crippen LogP contribution in [0.5, 0.6) is 0 Å². The number of unbranched alkanes of at least 4 members (excludes halogenated alkanes) is 11. The maximum atomic E-state index is 10.9. The average molecular weight is 325 g/mol. The largest absolute Gasteiger partial charge is 0.489 e. The molecule has 23 heavy (non-hydrogen) atoms. The van der Waals surface area contributed by atoms with Gasteiger partial charge in [0, 0.05) is 0 Å². The molecule has 4 heteroatoms. The standard InChI is InChI=1S/C19H40BNO2/c1-4-5-6-7-8-9-10-11-12-13-14-15-16-18(17-21(2)3)20-19(22)23/h18,20H,4-17H2,1-3H3,(H,22,23). The van der Waals surface area contributed by atoms with E-state index in [4.69, 9.17) is 5.11 Å². The molecule has 3 nitrogen and oxygen atoms in total. The molecule has 1 N–H and O–H groups in total. The van der Waals surface area contributed by atoms with E-state index in [1.165, 1.54) is 77.0 Å². The zero-order valence-electron chi connectivity index (χ0n) is 16.0. The number of nitrogens with zero attached hydrogens (tertiary/aromatic N) is 1. The van der Waals surface area contributed by atoms with Gasteiger partial charge < -0.3 is 10.0 Å². The zero-order chi connectivity index (χ0) is 17.3. The lowest BCUT2D eigenvalue weighted by molar-refractivity contribution is 0.219. The van der Waals surface area contributed by atoms with Crippen LogP contribution >= 0.6 is 0 Å². The third-order valence-corrected chi connectivity index (χ3v) is 4.55. The van der Waals surface area contributed by atoms with Crippen molar-refractivity contribution < 1.29 is 9.90 Å². The van der Waals surface area contributed by atoms with Gasteiger partial charge in [0.2, 0.25) is 5.87 Å². The van der Waals surface area contributed by atoms with Crippen LogP contribution in [0.3, 0.4) is 0 Å². The van der Waals surface area contributed by atoms with E-state index in [2.05, 4.69) is 11.8 Å². The van der Waals surface area contributed by atoms with Gasteiger partial charge in [0.05, 0.1) is 0 Å². The van der Waals surface area contributed by atoms with Crippen molar-refractivity contribution in [2.45, 2.75) is 96.2 Å². The molecule has 0 aliphatic carbocycles. The van der Waals surface area contributed by atoms with E-state index in [0.717, 1.165) is 13.0 Å². The predicted octanol–water partition coefficient (Wildman–Crippen LogP) is 5.54. The summed E-state index contributed by atoms with van der Waals surface area (Å²) in [7, 11) is 4.37. The first kappa shape index (κ1) is 22.5. The SMILES string of the molecule is CCCCCCCCCCCCCCC(BC(=O)O)CN(C)C. The highest BCUT2D eigenvalue weighted by Gasteiger charge is 2.16. The van der Waals surface area contributed by atoms with Crippen molar-refractivity contribution in [2.75, 3.05) is 20.6 Å². The number of carboxylic acid groups (broad SMARTS) is 1. The molecule has 0 aliphatic heterocycles. The fraction of sp³-hybridized carbons (Fsp3) is 0.947. The van der Waals surface area contributed by atoms with E-state index >= 15 is 0 Å². The molecule has 0 aliphatic rings. The van der Waals surface area contributed by atoms with Crippen LogP contribution < -0.4 is 0 Å². The van der Waals surface area contributed by atoms with Crippen LogP contribution in [0.15, 0.2) is 0 Å². The molecule has 0 amide bonds. The molecule has 0 radical (unpaired) electrons. The first-order chi connectivity index (χ1) is 11.1. The number of carbonyl (C=O) groups is 1. The lowest BCUT2D eigenvalue weighted by Gasteiger charge is -2.18. The molecule has 0 saturated carbocycles. The smallest absolute Gasteiger partial charge is 0.264 e. The molecule has 0 aromatic heterocycles. The molecule has 0 saturated heterocycles. The molecule has 136 valence electrons. The summed E-state index contributed by atoms with van der Waals surface area (Å²) in [6.07, 6.45) is 17.4. The Balaban J connectivity index is 3.40. The monoisotopic (exact) mass is 325 g/mol. The first-order valence-corrected chi connectivity index (χ1v) is 9.92. The second-order valence-corrected chi connectivity index (χ2v) is 7.40. The summed E-state index contributed by atoms with van der Waals surface area (Å²) in [4.78, 5) is 13.0. The quantitative estimate of drug-likeness (QED) is 0.282. The normalized spacial score (nSPS) is 12.5. The Bertz CT molecular complexity index is 272. The van der Waals surface area contributed by atoms with E-state index in [9.17, 15) is 4.79 Å². The van der Waals surface area contributed by atoms with Crippen molar-refractivity contribution in [3.63, 3.8) is 0 Å². The van der Waals surface area contributed by atoms with Crippen molar-refractivity contribution in [1.82, 2.24) is 4.90 Å². The van der Waals surface area contributed by atoms with E-state index in [1.807, 2.05) is 14.1 Å². The fourth-order valence-corrected chi connectivity index (χ4v) is 3.30. The van der Waals surface area contributed by atoms with E-state index in [-0.39, 0.29) is 0 Å². The van der Waals surface area contributed by atoms with Gasteiger partial charge in [-0.2, -0.15) is 0 Å². The van der Waals surface area contributed by atoms with Gasteiger partial charge in [-0.15, -0.1) is 0 Å². The Kier molecular flexibility index (Phi) is 16.0. The van der Waals surface area contributed by atoms with Gasteiger partial charge in [0.15, 0.2) is 0 Å². The molecular formula is C19H40BNO2. The molecule has 0 bridgehead atoms. The minimum Gasteiger partial charge on any atom is -0.489 e. The molecule has 0 rings (SSSR count). The average Bonchev–Trinajstić information content (AvgIpc) is 2.47. The Morgan fingerprint density at radius 3 is 1.70 bits per heavy atom. The van der Waals surface area contributed by atoms with Crippen molar-refractivity contribution in [2.24, 2.45) is 0 Å². The topological polar surface area (TPSA) is 40.5 Å². The molecule has 0 spiro atoms. The van der Waals surface area contributed by atoms with E-state index < -0.39 is 5.87 Å². The number of hydrogen-bond acceptors (Lipinski definition) is 2. The first-order valence-electron chi connectivity index (χ1n) is 9.92. The van der Waals surface area contributed by atoms with Crippen LogP contribution in [0.4, 0.5) is 4.79 Å². The summed E-state index contributed by atoms with van der Waals surface area (Å²) >= 11 is 0. The Hall–Kier alpha value is -0.505. The van der Waals surface area contributed by atoms with Crippen LogP contribution in [0.1, 0.15) is 90.4 Å². The van der Waals surface area contributed by atoms with Crippen LogP contribution in [0.25, 0.3) is 0 Å². The van der Waals surface area contributed by atoms with Gasteiger partial charge in [-0.3, -0.25) is 4.79 Å². The van der Waals surface area contributed by atoms with Gasteiger partial charge in [-0.05, 0) is 26.5 Å². The fourth-order valence-electron chi connectivity index (χ4n) is 3.30. The van der Waals surface area contributed by atoms with Gasteiger partial charge >= 0.3 is 0 Å². The van der Waals surface area contributed by atoms with E-state index in [1.54, 1.807) is 0 Å². The van der Waals surface area contributed by atoms with Gasteiger partial charge in [-0.25, -0.2) is 0 Å². The van der Waals surface area contributed by atoms with Gasteiger partial charge in [0.1, 0.15) is 0 Å². The van der Waals surface area contributed by atoms with Crippen LogP contribution in [0.2, 0.25) is 5.82 Å². The second-order valence-electron chi connectivity index (χ2n) is 7.40. The van der Waals surface area contributed by atoms with Crippen molar-refractivity contribution in [3.8, 4) is 0 Å². The maximum absolute atomic E-state index is 10.9. The highest BCUT2D eigenvalue weighted by atomic mass is 16.4. The summed E-state index contributed by atoms with van der Waals surface area (Å²) in [5, 5.41) is 8.97. The van der Waals surface area contributed by atoms with Gasteiger partial charge in [0.25, 0.3) is 7.28 Å². The lowest BCUT2D eigenvalue weighted by atomic mass is 9.62. The number of hydrogen-bond donors (Lipinski definition) is 1. The van der Waals surface area contributed by atoms with Crippen molar-refractivity contribution >= 4 is 13.1 Å². The van der Waals surface area contributed by atoms with Crippen LogP contribution in [-0.4, -0.2) is 43.8 Å². The summed E-state index contributed by atoms with van der Waals surface area (Å²) in [6, 6.07) is 0. The zero-order valence-corrected chi connectivity index (χ0v) is 16.0. The Morgan fingerprint density at radius 2 is 1.30 bits per heavy atom. The molecule has 0 fully saturated rings. The lowest BCUT2D eigenvalue weighted by Crippen LogP contribution is -2.25. The van der Waals surface area contributed by atoms with E-state index in [0.29, 0.717) is 13.1 Å². The summed E-state index contributed by atoms with van der Waals surface area (Å²) in [5.74, 6) is -0.346. The number of rotatable bonds is 17. The minimum absolute atomic E-state index is 0.311. The summed E-state index contributed by atoms with van der Waals surface area (Å²) < 4.78 is 0. The van der Waals surface area contributed by atoms with Gasteiger partial charge in [-0.1, -0.05) is 90.4 Å². The van der Waals surface area contributed by atoms with Crippen molar-refractivity contribution in [3.05, 3.63) is 0 Å². The minimum atomic E-state index is -0.657. The molecular weight excluding hydrogens is 285 g/mol. The molecule has 1 atom stereocenters. The Morgan fingerprint density at radius 1 is 0.870 bits per heavy atom. The Labute approximate surface area is 145 Å². The summed E-state index contributed by atoms with van der Waals surface area (Å²) in [6.45, 7) is 3.16. The summed E-state index contributed by atoms with van der Waals surface area (Å²) in [5.41, 5.74) is 0. The third kappa shape index (κ3) is 17.7. The second kappa shape index (κ2) is 16.4. The molecule has 1 unspecified atom stereocenters. The highest BCUT2D eigenvalue weighted by Crippen LogP contribution is 2.18. The van der Waals surface area contributed by atoms with Crippen LogP contribution in [0, 0.1) is 0 Å². The highest BCUT2D eigenvalue weighted by molar-refractivity contribution is 6.72. The maximum Gasteiger partial charge on any atom is 0.264 e. The molecule has 0 aromatic carbocycles. The molecule has 0 aromatic rings. The third-order valence-electron chi connectivity index (χ3n) is 4.55. The van der Waals surface area contributed by atoms with Crippen molar-refractivity contribution in [1.29, 1.82) is 0 Å². The molecule has 0 heterocycles. The predicted molar refractivity (Wildman–Crippen MR) is 103 cm³/mol. The van der Waals surface area contributed by atoms with Crippen LogP contribution in [-0.2, 0) is 0 Å².